The lowest BCUT2D eigenvalue weighted by Gasteiger charge is -2.31. The number of nitrogens with zero attached hydrogens (tertiary/aromatic N) is 1. The zero-order valence-corrected chi connectivity index (χ0v) is 16.7. The molecule has 7 nitrogen and oxygen atoms in total. The molecule has 0 radical (unpaired) electrons. The van der Waals surface area contributed by atoms with E-state index in [1.165, 1.54) is 14.2 Å². The number of hydrogen-bond donors (Lipinski definition) is 1. The predicted octanol–water partition coefficient (Wildman–Crippen LogP) is 3.23. The molecule has 0 aromatic heterocycles. The molecule has 154 valence electrons. The molecule has 0 aliphatic carbocycles. The molecular formula is C22H26N2O5. The van der Waals surface area contributed by atoms with Crippen molar-refractivity contribution >= 4 is 12.0 Å². The van der Waals surface area contributed by atoms with Crippen molar-refractivity contribution < 1.29 is 23.8 Å². The average molecular weight is 398 g/mol. The Labute approximate surface area is 170 Å². The zero-order chi connectivity index (χ0) is 20.6. The first-order valence-corrected chi connectivity index (χ1v) is 9.60. The van der Waals surface area contributed by atoms with Gasteiger partial charge in [0, 0.05) is 19.1 Å². The topological polar surface area (TPSA) is 77.1 Å². The van der Waals surface area contributed by atoms with Crippen LogP contribution in [-0.4, -0.2) is 50.3 Å². The molecule has 1 saturated heterocycles. The minimum absolute atomic E-state index is 0.0321. The molecule has 2 amide bonds. The Morgan fingerprint density at radius 3 is 2.17 bits per heavy atom. The highest BCUT2D eigenvalue weighted by atomic mass is 16.6. The van der Waals surface area contributed by atoms with Gasteiger partial charge in [0.2, 0.25) is 0 Å². The third kappa shape index (κ3) is 5.19. The molecule has 0 bridgehead atoms. The second-order valence-corrected chi connectivity index (χ2v) is 6.81. The van der Waals surface area contributed by atoms with E-state index in [0.29, 0.717) is 43.0 Å². The summed E-state index contributed by atoms with van der Waals surface area (Å²) in [7, 11) is 3.04. The number of nitrogens with one attached hydrogen (secondary N) is 1. The van der Waals surface area contributed by atoms with Crippen LogP contribution < -0.4 is 14.8 Å². The Morgan fingerprint density at radius 2 is 1.59 bits per heavy atom. The highest BCUT2D eigenvalue weighted by Gasteiger charge is 2.27. The summed E-state index contributed by atoms with van der Waals surface area (Å²) >= 11 is 0. The number of rotatable bonds is 6. The third-order valence-corrected chi connectivity index (χ3v) is 4.95. The minimum Gasteiger partial charge on any atom is -0.496 e. The second kappa shape index (κ2) is 9.82. The Bertz CT molecular complexity index is 810. The Balaban J connectivity index is 1.51. The van der Waals surface area contributed by atoms with Gasteiger partial charge in [0.1, 0.15) is 23.7 Å². The maximum Gasteiger partial charge on any atom is 0.410 e. The van der Waals surface area contributed by atoms with Crippen LogP contribution in [0.4, 0.5) is 4.79 Å². The molecule has 1 N–H and O–H groups in total. The first-order valence-electron chi connectivity index (χ1n) is 9.60. The monoisotopic (exact) mass is 398 g/mol. The van der Waals surface area contributed by atoms with Crippen molar-refractivity contribution in [3.8, 4) is 11.5 Å². The Morgan fingerprint density at radius 1 is 0.966 bits per heavy atom. The molecule has 0 unspecified atom stereocenters. The highest BCUT2D eigenvalue weighted by Crippen LogP contribution is 2.28. The number of amides is 2. The lowest BCUT2D eigenvalue weighted by Crippen LogP contribution is -2.46. The lowest BCUT2D eigenvalue weighted by molar-refractivity contribution is 0.0807. The van der Waals surface area contributed by atoms with Crippen molar-refractivity contribution in [3.63, 3.8) is 0 Å². The van der Waals surface area contributed by atoms with Crippen molar-refractivity contribution in [2.24, 2.45) is 0 Å². The number of carbonyl (C=O) groups is 2. The number of piperidine rings is 1. The van der Waals surface area contributed by atoms with E-state index in [4.69, 9.17) is 14.2 Å². The van der Waals surface area contributed by atoms with Crippen LogP contribution in [0.25, 0.3) is 0 Å². The fraction of sp³-hybridized carbons (Fsp3) is 0.364. The fourth-order valence-electron chi connectivity index (χ4n) is 3.35. The Hall–Kier alpha value is -3.22. The molecule has 2 aromatic carbocycles. The molecule has 2 aromatic rings. The molecule has 29 heavy (non-hydrogen) atoms. The average Bonchev–Trinajstić information content (AvgIpc) is 2.77. The molecule has 7 heteroatoms. The van der Waals surface area contributed by atoms with Gasteiger partial charge in [0.25, 0.3) is 5.91 Å². The Kier molecular flexibility index (Phi) is 6.94. The summed E-state index contributed by atoms with van der Waals surface area (Å²) in [6.07, 6.45) is 0.984. The van der Waals surface area contributed by atoms with Crippen LogP contribution in [-0.2, 0) is 11.3 Å². The van der Waals surface area contributed by atoms with Crippen LogP contribution in [0.2, 0.25) is 0 Å². The van der Waals surface area contributed by atoms with Crippen molar-refractivity contribution in [1.82, 2.24) is 10.2 Å². The van der Waals surface area contributed by atoms with Crippen molar-refractivity contribution in [1.29, 1.82) is 0 Å². The van der Waals surface area contributed by atoms with E-state index < -0.39 is 0 Å². The van der Waals surface area contributed by atoms with Gasteiger partial charge in [0.15, 0.2) is 0 Å². The van der Waals surface area contributed by atoms with E-state index in [0.717, 1.165) is 5.56 Å². The van der Waals surface area contributed by atoms with Crippen molar-refractivity contribution in [2.75, 3.05) is 27.3 Å². The van der Waals surface area contributed by atoms with Gasteiger partial charge in [-0.05, 0) is 30.5 Å². The molecule has 1 aliphatic heterocycles. The number of likely N-dealkylation sites (tertiary alicyclic amines) is 1. The molecule has 0 saturated carbocycles. The summed E-state index contributed by atoms with van der Waals surface area (Å²) in [4.78, 5) is 26.7. The van der Waals surface area contributed by atoms with E-state index in [2.05, 4.69) is 5.32 Å². The van der Waals surface area contributed by atoms with E-state index >= 15 is 0 Å². The van der Waals surface area contributed by atoms with Gasteiger partial charge in [-0.15, -0.1) is 0 Å². The molecule has 0 atom stereocenters. The quantitative estimate of drug-likeness (QED) is 0.808. The van der Waals surface area contributed by atoms with Crippen molar-refractivity contribution in [3.05, 3.63) is 59.7 Å². The summed E-state index contributed by atoms with van der Waals surface area (Å²) in [5.41, 5.74) is 1.33. The van der Waals surface area contributed by atoms with Gasteiger partial charge in [-0.25, -0.2) is 4.79 Å². The lowest BCUT2D eigenvalue weighted by atomic mass is 10.0. The maximum atomic E-state index is 12.8. The molecule has 3 rings (SSSR count). The summed E-state index contributed by atoms with van der Waals surface area (Å²) in [6, 6.07) is 14.8. The molecule has 0 spiro atoms. The smallest absolute Gasteiger partial charge is 0.410 e. The first kappa shape index (κ1) is 20.5. The fourth-order valence-corrected chi connectivity index (χ4v) is 3.35. The van der Waals surface area contributed by atoms with Gasteiger partial charge in [-0.1, -0.05) is 36.4 Å². The van der Waals surface area contributed by atoms with Crippen LogP contribution in [0.15, 0.2) is 48.5 Å². The number of hydrogen-bond acceptors (Lipinski definition) is 5. The number of ether oxygens (including phenoxy) is 3. The van der Waals surface area contributed by atoms with E-state index in [1.54, 1.807) is 23.1 Å². The van der Waals surface area contributed by atoms with Gasteiger partial charge in [-0.3, -0.25) is 4.79 Å². The van der Waals surface area contributed by atoms with E-state index in [-0.39, 0.29) is 24.6 Å². The highest BCUT2D eigenvalue weighted by molar-refractivity contribution is 5.99. The van der Waals surface area contributed by atoms with Crippen LogP contribution in [0, 0.1) is 0 Å². The van der Waals surface area contributed by atoms with Crippen molar-refractivity contribution in [2.45, 2.75) is 25.5 Å². The summed E-state index contributed by atoms with van der Waals surface area (Å²) in [6.45, 7) is 1.31. The van der Waals surface area contributed by atoms with Crippen LogP contribution >= 0.6 is 0 Å². The number of carbonyl (C=O) groups excluding carboxylic acids is 2. The second-order valence-electron chi connectivity index (χ2n) is 6.81. The van der Waals surface area contributed by atoms with Crippen LogP contribution in [0.3, 0.4) is 0 Å². The van der Waals surface area contributed by atoms with Gasteiger partial charge >= 0.3 is 6.09 Å². The summed E-state index contributed by atoms with van der Waals surface area (Å²) in [5, 5.41) is 3.02. The molecule has 1 aliphatic rings. The number of methoxy groups -OCH3 is 2. The SMILES string of the molecule is COc1cccc(OC)c1C(=O)NC1CCN(C(=O)OCc2ccccc2)CC1. The minimum atomic E-state index is -0.329. The molecular weight excluding hydrogens is 372 g/mol. The largest absolute Gasteiger partial charge is 0.496 e. The maximum absolute atomic E-state index is 12.8. The first-order chi connectivity index (χ1) is 14.1. The summed E-state index contributed by atoms with van der Waals surface area (Å²) in [5.74, 6) is 0.678. The van der Waals surface area contributed by atoms with Crippen LogP contribution in [0.1, 0.15) is 28.8 Å². The molecule has 1 fully saturated rings. The van der Waals surface area contributed by atoms with Gasteiger partial charge < -0.3 is 24.4 Å². The standard InChI is InChI=1S/C22H26N2O5/c1-27-18-9-6-10-19(28-2)20(18)21(25)23-17-11-13-24(14-12-17)22(26)29-15-16-7-4-3-5-8-16/h3-10,17H,11-15H2,1-2H3,(H,23,25). The van der Waals surface area contributed by atoms with Crippen LogP contribution in [0.5, 0.6) is 11.5 Å². The number of benzene rings is 2. The van der Waals surface area contributed by atoms with E-state index in [1.807, 2.05) is 30.3 Å². The summed E-state index contributed by atoms with van der Waals surface area (Å²) < 4.78 is 16.0. The van der Waals surface area contributed by atoms with E-state index in [9.17, 15) is 9.59 Å². The van der Waals surface area contributed by atoms with Gasteiger partial charge in [0.05, 0.1) is 14.2 Å². The normalized spacial score (nSPS) is 14.2. The van der Waals surface area contributed by atoms with Gasteiger partial charge in [-0.2, -0.15) is 0 Å². The predicted molar refractivity (Wildman–Crippen MR) is 108 cm³/mol. The zero-order valence-electron chi connectivity index (χ0n) is 16.7. The molecule has 1 heterocycles. The third-order valence-electron chi connectivity index (χ3n) is 4.95.